The number of hydrogen-bond acceptors (Lipinski definition) is 3. The summed E-state index contributed by atoms with van der Waals surface area (Å²) in [6.45, 7) is 3.20. The van der Waals surface area contributed by atoms with Gasteiger partial charge in [0.15, 0.2) is 0 Å². The molecule has 0 amide bonds. The molecule has 1 unspecified atom stereocenters. The van der Waals surface area contributed by atoms with E-state index in [2.05, 4.69) is 24.9 Å². The van der Waals surface area contributed by atoms with Gasteiger partial charge < -0.3 is 9.84 Å². The molecule has 1 saturated carbocycles. The van der Waals surface area contributed by atoms with Gasteiger partial charge in [-0.1, -0.05) is 31.5 Å². The average molecular weight is 371 g/mol. The van der Waals surface area contributed by atoms with Gasteiger partial charge >= 0.3 is 0 Å². The van der Waals surface area contributed by atoms with Crippen molar-refractivity contribution in [3.63, 3.8) is 0 Å². The lowest BCUT2D eigenvalue weighted by atomic mass is 9.89. The van der Waals surface area contributed by atoms with Crippen molar-refractivity contribution < 1.29 is 14.2 Å². The van der Waals surface area contributed by atoms with Crippen molar-refractivity contribution in [3.8, 4) is 16.9 Å². The van der Waals surface area contributed by atoms with Gasteiger partial charge in [-0.15, -0.1) is 0 Å². The van der Waals surface area contributed by atoms with Crippen molar-refractivity contribution in [2.24, 2.45) is 5.92 Å². The molecule has 4 heteroatoms. The molecule has 0 bridgehead atoms. The maximum Gasteiger partial charge on any atom is 0.131 e. The number of aliphatic hydroxyl groups excluding tert-OH is 1. The van der Waals surface area contributed by atoms with Gasteiger partial charge in [-0.05, 0) is 73.7 Å². The Bertz CT molecular complexity index is 773. The predicted octanol–water partition coefficient (Wildman–Crippen LogP) is 5.18. The maximum atomic E-state index is 14.7. The molecule has 0 heterocycles. The third-order valence-corrected chi connectivity index (χ3v) is 5.49. The third kappa shape index (κ3) is 4.50. The Morgan fingerprint density at radius 2 is 1.96 bits per heavy atom. The minimum atomic E-state index is -0.250. The smallest absolute Gasteiger partial charge is 0.131 e. The lowest BCUT2D eigenvalue weighted by molar-refractivity contribution is 0.217. The third-order valence-electron chi connectivity index (χ3n) is 5.49. The van der Waals surface area contributed by atoms with Gasteiger partial charge in [-0.2, -0.15) is 0 Å². The van der Waals surface area contributed by atoms with Gasteiger partial charge in [0.05, 0.1) is 13.7 Å². The number of rotatable bonds is 9. The summed E-state index contributed by atoms with van der Waals surface area (Å²) in [5.41, 5.74) is 3.42. The second-order valence-electron chi connectivity index (χ2n) is 7.54. The van der Waals surface area contributed by atoms with E-state index < -0.39 is 0 Å². The van der Waals surface area contributed by atoms with Crippen LogP contribution in [0.25, 0.3) is 11.1 Å². The van der Waals surface area contributed by atoms with Crippen LogP contribution < -0.4 is 4.74 Å². The van der Waals surface area contributed by atoms with Gasteiger partial charge in [0.25, 0.3) is 0 Å². The Morgan fingerprint density at radius 1 is 1.19 bits per heavy atom. The summed E-state index contributed by atoms with van der Waals surface area (Å²) < 4.78 is 20.0. The zero-order valence-electron chi connectivity index (χ0n) is 16.5. The first kappa shape index (κ1) is 19.8. The van der Waals surface area contributed by atoms with Crippen LogP contribution >= 0.6 is 0 Å². The summed E-state index contributed by atoms with van der Waals surface area (Å²) in [5.74, 6) is 0.985. The number of nitrogens with zero attached hydrogens (tertiary/aromatic N) is 1. The molecule has 1 N–H and O–H groups in total. The maximum absolute atomic E-state index is 14.7. The Labute approximate surface area is 161 Å². The van der Waals surface area contributed by atoms with E-state index >= 15 is 0 Å². The zero-order valence-corrected chi connectivity index (χ0v) is 16.5. The number of methoxy groups -OCH3 is 1. The lowest BCUT2D eigenvalue weighted by Crippen LogP contribution is -2.28. The largest absolute Gasteiger partial charge is 0.497 e. The van der Waals surface area contributed by atoms with E-state index in [-0.39, 0.29) is 18.5 Å². The number of aliphatic hydroxyl groups is 1. The fourth-order valence-corrected chi connectivity index (χ4v) is 3.85. The second-order valence-corrected chi connectivity index (χ2v) is 7.54. The molecule has 1 aliphatic carbocycles. The number of unbranched alkanes of at least 4 members (excludes halogenated alkanes) is 1. The Hall–Kier alpha value is -1.91. The SMILES string of the molecule is CCCCN(C)C(c1cc(CO)ccc1-c1cc(OC)ccc1F)C1CC1. The van der Waals surface area contributed by atoms with Crippen molar-refractivity contribution in [1.82, 2.24) is 4.90 Å². The highest BCUT2D eigenvalue weighted by molar-refractivity contribution is 5.70. The highest BCUT2D eigenvalue weighted by Crippen LogP contribution is 2.47. The molecule has 3 rings (SSSR count). The molecule has 3 nitrogen and oxygen atoms in total. The highest BCUT2D eigenvalue weighted by Gasteiger charge is 2.36. The van der Waals surface area contributed by atoms with Crippen molar-refractivity contribution >= 4 is 0 Å². The zero-order chi connectivity index (χ0) is 19.4. The lowest BCUT2D eigenvalue weighted by Gasteiger charge is -2.31. The summed E-state index contributed by atoms with van der Waals surface area (Å²) in [6.07, 6.45) is 4.69. The number of halogens is 1. The van der Waals surface area contributed by atoms with Gasteiger partial charge in [-0.25, -0.2) is 4.39 Å². The molecule has 0 saturated heterocycles. The van der Waals surface area contributed by atoms with Crippen LogP contribution in [0.2, 0.25) is 0 Å². The van der Waals surface area contributed by atoms with E-state index in [4.69, 9.17) is 4.74 Å². The molecule has 1 aliphatic rings. The van der Waals surface area contributed by atoms with Crippen molar-refractivity contribution in [3.05, 3.63) is 53.3 Å². The first-order valence-electron chi connectivity index (χ1n) is 9.86. The van der Waals surface area contributed by atoms with Crippen LogP contribution in [-0.4, -0.2) is 30.7 Å². The van der Waals surface area contributed by atoms with Crippen molar-refractivity contribution in [2.75, 3.05) is 20.7 Å². The van der Waals surface area contributed by atoms with Gasteiger partial charge in [-0.3, -0.25) is 4.90 Å². The Morgan fingerprint density at radius 3 is 2.59 bits per heavy atom. The van der Waals surface area contributed by atoms with Gasteiger partial charge in [0.2, 0.25) is 0 Å². The highest BCUT2D eigenvalue weighted by atomic mass is 19.1. The quantitative estimate of drug-likeness (QED) is 0.659. The molecule has 1 atom stereocenters. The molecule has 2 aromatic carbocycles. The molecule has 146 valence electrons. The van der Waals surface area contributed by atoms with E-state index in [0.29, 0.717) is 17.2 Å². The van der Waals surface area contributed by atoms with Crippen LogP contribution in [0.5, 0.6) is 5.75 Å². The fourth-order valence-electron chi connectivity index (χ4n) is 3.85. The molecule has 0 spiro atoms. The van der Waals surface area contributed by atoms with Crippen molar-refractivity contribution in [1.29, 1.82) is 0 Å². The number of ether oxygens (including phenoxy) is 1. The molecular formula is C23H30FNO2. The minimum Gasteiger partial charge on any atom is -0.497 e. The summed E-state index contributed by atoms with van der Waals surface area (Å²) >= 11 is 0. The first-order chi connectivity index (χ1) is 13.1. The Balaban J connectivity index is 2.10. The van der Waals surface area contributed by atoms with E-state index in [1.54, 1.807) is 19.2 Å². The molecule has 0 aliphatic heterocycles. The summed E-state index contributed by atoms with van der Waals surface area (Å²) in [4.78, 5) is 2.40. The van der Waals surface area contributed by atoms with Crippen LogP contribution in [0.15, 0.2) is 36.4 Å². The molecule has 0 aromatic heterocycles. The summed E-state index contributed by atoms with van der Waals surface area (Å²) in [5, 5.41) is 9.67. The van der Waals surface area contributed by atoms with E-state index in [1.165, 1.54) is 18.9 Å². The van der Waals surface area contributed by atoms with Gasteiger partial charge in [0.1, 0.15) is 11.6 Å². The predicted molar refractivity (Wildman–Crippen MR) is 107 cm³/mol. The molecule has 1 fully saturated rings. The Kier molecular flexibility index (Phi) is 6.51. The minimum absolute atomic E-state index is 0.00999. The van der Waals surface area contributed by atoms with Crippen LogP contribution in [0.4, 0.5) is 4.39 Å². The van der Waals surface area contributed by atoms with E-state index in [9.17, 15) is 9.50 Å². The van der Waals surface area contributed by atoms with E-state index in [0.717, 1.165) is 36.1 Å². The normalized spacial score (nSPS) is 15.2. The average Bonchev–Trinajstić information content (AvgIpc) is 3.52. The van der Waals surface area contributed by atoms with Crippen molar-refractivity contribution in [2.45, 2.75) is 45.3 Å². The first-order valence-corrected chi connectivity index (χ1v) is 9.86. The van der Waals surface area contributed by atoms with Gasteiger partial charge in [0, 0.05) is 11.6 Å². The molecular weight excluding hydrogens is 341 g/mol. The monoisotopic (exact) mass is 371 g/mol. The summed E-state index contributed by atoms with van der Waals surface area (Å²) in [7, 11) is 3.76. The molecule has 27 heavy (non-hydrogen) atoms. The number of benzene rings is 2. The van der Waals surface area contributed by atoms with E-state index in [1.807, 2.05) is 12.1 Å². The standard InChI is InChI=1S/C23H30FNO2/c1-4-5-12-25(2)23(17-7-8-17)21-13-16(15-26)6-10-19(21)20-14-18(27-3)9-11-22(20)24/h6,9-11,13-14,17,23,26H,4-5,7-8,12,15H2,1-3H3. The molecule has 2 aromatic rings. The molecule has 0 radical (unpaired) electrons. The van der Waals surface area contributed by atoms with Crippen LogP contribution in [0.3, 0.4) is 0 Å². The summed E-state index contributed by atoms with van der Waals surface area (Å²) in [6, 6.07) is 11.0. The van der Waals surface area contributed by atoms with Crippen LogP contribution in [0, 0.1) is 11.7 Å². The topological polar surface area (TPSA) is 32.7 Å². The van der Waals surface area contributed by atoms with Crippen LogP contribution in [0.1, 0.15) is 49.8 Å². The number of hydrogen-bond donors (Lipinski definition) is 1. The second kappa shape index (κ2) is 8.85. The van der Waals surface area contributed by atoms with Crippen LogP contribution in [-0.2, 0) is 6.61 Å². The fraction of sp³-hybridized carbons (Fsp3) is 0.478.